The van der Waals surface area contributed by atoms with E-state index in [9.17, 15) is 19.4 Å². The number of rotatable bonds is 62. The van der Waals surface area contributed by atoms with Gasteiger partial charge in [-0.15, -0.1) is 0 Å². The first-order valence-electron chi connectivity index (χ1n) is 34.6. The van der Waals surface area contributed by atoms with Gasteiger partial charge in [-0.3, -0.25) is 13.8 Å². The molecule has 0 bridgehead atoms. The average molecular weight is 1190 g/mol. The van der Waals surface area contributed by atoms with E-state index >= 15 is 0 Å². The van der Waals surface area contributed by atoms with Crippen LogP contribution in [-0.2, 0) is 18.4 Å². The lowest BCUT2D eigenvalue weighted by atomic mass is 10.0. The van der Waals surface area contributed by atoms with Gasteiger partial charge in [-0.2, -0.15) is 0 Å². The number of amides is 1. The largest absolute Gasteiger partial charge is 0.472 e. The maximum atomic E-state index is 13.0. The van der Waals surface area contributed by atoms with E-state index in [1.165, 1.54) is 167 Å². The first-order chi connectivity index (χ1) is 41.0. The van der Waals surface area contributed by atoms with Crippen LogP contribution < -0.4 is 5.32 Å². The minimum atomic E-state index is -4.37. The summed E-state index contributed by atoms with van der Waals surface area (Å²) < 4.78 is 23.8. The Hall–Kier alpha value is -3.36. The molecule has 0 heterocycles. The second kappa shape index (κ2) is 64.1. The van der Waals surface area contributed by atoms with Crippen LogP contribution in [0.5, 0.6) is 0 Å². The van der Waals surface area contributed by atoms with Crippen molar-refractivity contribution in [2.75, 3.05) is 40.9 Å². The summed E-state index contributed by atoms with van der Waals surface area (Å²) in [7, 11) is 1.54. The number of phosphoric acid groups is 1. The molecule has 0 aliphatic carbocycles. The van der Waals surface area contributed by atoms with Crippen LogP contribution in [0.4, 0.5) is 0 Å². The van der Waals surface area contributed by atoms with E-state index in [0.717, 1.165) is 96.3 Å². The highest BCUT2D eigenvalue weighted by Gasteiger charge is 2.28. The Labute approximate surface area is 519 Å². The highest BCUT2D eigenvalue weighted by molar-refractivity contribution is 7.47. The van der Waals surface area contributed by atoms with Crippen molar-refractivity contribution >= 4 is 13.7 Å². The van der Waals surface area contributed by atoms with Crippen molar-refractivity contribution in [3.8, 4) is 0 Å². The Morgan fingerprint density at radius 2 is 0.726 bits per heavy atom. The molecule has 482 valence electrons. The van der Waals surface area contributed by atoms with Crippen molar-refractivity contribution in [1.82, 2.24) is 5.32 Å². The fourth-order valence-corrected chi connectivity index (χ4v) is 10.3. The van der Waals surface area contributed by atoms with Crippen molar-refractivity contribution in [1.29, 1.82) is 0 Å². The fraction of sp³-hybridized carbons (Fsp3) is 0.693. The number of hydrogen-bond acceptors (Lipinski definition) is 5. The number of likely N-dealkylation sites (N-methyl/N-ethyl adjacent to an activating group) is 1. The monoisotopic (exact) mass is 1190 g/mol. The number of unbranched alkanes of at least 4 members (excludes halogenated alkanes) is 29. The summed E-state index contributed by atoms with van der Waals surface area (Å²) in [5.74, 6) is -0.193. The van der Waals surface area contributed by atoms with Crippen LogP contribution in [-0.4, -0.2) is 73.4 Å². The number of quaternary nitrogens is 1. The van der Waals surface area contributed by atoms with Gasteiger partial charge in [-0.1, -0.05) is 308 Å². The van der Waals surface area contributed by atoms with Gasteiger partial charge in [0.1, 0.15) is 13.2 Å². The number of aliphatic hydroxyl groups is 1. The van der Waals surface area contributed by atoms with Crippen LogP contribution in [0.2, 0.25) is 0 Å². The van der Waals surface area contributed by atoms with Crippen LogP contribution in [0.3, 0.4) is 0 Å². The topological polar surface area (TPSA) is 105 Å². The van der Waals surface area contributed by atoms with Gasteiger partial charge in [0.2, 0.25) is 5.91 Å². The molecule has 0 aliphatic rings. The number of hydrogen-bond donors (Lipinski definition) is 3. The second-order valence-electron chi connectivity index (χ2n) is 24.2. The van der Waals surface area contributed by atoms with E-state index in [1.807, 2.05) is 27.2 Å². The molecule has 0 aliphatic heterocycles. The molecule has 0 radical (unpaired) electrons. The summed E-state index contributed by atoms with van der Waals surface area (Å²) in [6, 6.07) is -0.875. The molecule has 3 N–H and O–H groups in total. The molecule has 9 heteroatoms. The average Bonchev–Trinajstić information content (AvgIpc) is 3.56. The van der Waals surface area contributed by atoms with Gasteiger partial charge in [0, 0.05) is 6.42 Å². The zero-order valence-corrected chi connectivity index (χ0v) is 56.0. The Morgan fingerprint density at radius 3 is 1.10 bits per heavy atom. The molecule has 0 aromatic heterocycles. The fourth-order valence-electron chi connectivity index (χ4n) is 9.52. The SMILES string of the molecule is CC/C=C\C/C=C\C/C=C\C/C=C\C/C=C\C/C=C\C/C=C\C/C=C\C/C=C\CCCCCCCCCCCCCC(=O)NC(COP(=O)(O)OCC[N+](C)(C)C)C(O)/C=C/CC/C=C/CCCCCCCCCCCCCCCCCCC. The molecule has 3 atom stereocenters. The lowest BCUT2D eigenvalue weighted by Crippen LogP contribution is -2.45. The Morgan fingerprint density at radius 1 is 0.417 bits per heavy atom. The standard InChI is InChI=1S/C75H131N2O6P/c1-6-8-10-12-14-16-18-20-22-24-26-28-30-31-32-33-34-35-36-37-38-39-40-41-42-43-44-45-47-49-51-53-55-57-59-61-63-65-67-69-75(79)76-73(72-83-84(80,81)82-71-70-77(3,4)5)74(78)68-66-64-62-60-58-56-54-52-50-48-46-29-27-25-23-21-19-17-15-13-11-9-7-2/h8,10,14,16,20,22,26,28,31-32,34-35,37-38,40-41,43-44,58,60,66,68,73-74,78H,6-7,9,11-13,15,17-19,21,23-25,27,29-30,33,36,39,42,45-57,59,61-65,67,69-72H2,1-5H3,(H-,76,79,80,81)/p+1/b10-8-,16-14-,22-20-,28-26-,32-31-,35-34-,38-37-,41-40-,44-43-,60-58+,68-66+. The third-order valence-corrected chi connectivity index (χ3v) is 15.8. The number of carbonyl (C=O) groups is 1. The zero-order valence-electron chi connectivity index (χ0n) is 55.1. The third-order valence-electron chi connectivity index (χ3n) is 14.9. The predicted molar refractivity (Wildman–Crippen MR) is 368 cm³/mol. The van der Waals surface area contributed by atoms with Crippen LogP contribution >= 0.6 is 7.82 Å². The first-order valence-corrected chi connectivity index (χ1v) is 36.1. The van der Waals surface area contributed by atoms with Crippen LogP contribution in [0.1, 0.15) is 284 Å². The van der Waals surface area contributed by atoms with E-state index in [0.29, 0.717) is 17.4 Å². The normalized spacial score (nSPS) is 14.5. The highest BCUT2D eigenvalue weighted by atomic mass is 31.2. The Kier molecular flexibility index (Phi) is 61.6. The van der Waals surface area contributed by atoms with E-state index in [4.69, 9.17) is 9.05 Å². The number of nitrogens with one attached hydrogen (secondary N) is 1. The first kappa shape index (κ1) is 80.6. The summed E-state index contributed by atoms with van der Waals surface area (Å²) >= 11 is 0. The van der Waals surface area contributed by atoms with Gasteiger partial charge in [0.25, 0.3) is 0 Å². The van der Waals surface area contributed by atoms with E-state index < -0.39 is 20.0 Å². The smallest absolute Gasteiger partial charge is 0.387 e. The van der Waals surface area contributed by atoms with Crippen molar-refractivity contribution in [3.63, 3.8) is 0 Å². The minimum absolute atomic E-state index is 0.0502. The minimum Gasteiger partial charge on any atom is -0.387 e. The predicted octanol–water partition coefficient (Wildman–Crippen LogP) is 22.2. The molecule has 8 nitrogen and oxygen atoms in total. The molecule has 3 unspecified atom stereocenters. The molecule has 84 heavy (non-hydrogen) atoms. The summed E-state index contributed by atoms with van der Waals surface area (Å²) in [6.07, 6.45) is 97.3. The molecule has 1 amide bonds. The van der Waals surface area contributed by atoms with Gasteiger partial charge in [-0.05, 0) is 103 Å². The van der Waals surface area contributed by atoms with Gasteiger partial charge in [0.05, 0.1) is 39.9 Å². The molecule has 0 aromatic carbocycles. The molecule has 0 rings (SSSR count). The molecule has 0 saturated heterocycles. The molecule has 0 saturated carbocycles. The second-order valence-corrected chi connectivity index (χ2v) is 25.6. The highest BCUT2D eigenvalue weighted by Crippen LogP contribution is 2.43. The molecular formula is C75H132N2O6P+. The van der Waals surface area contributed by atoms with Gasteiger partial charge >= 0.3 is 7.82 Å². The summed E-state index contributed by atoms with van der Waals surface area (Å²) in [6.45, 7) is 4.69. The summed E-state index contributed by atoms with van der Waals surface area (Å²) in [4.78, 5) is 23.4. The maximum absolute atomic E-state index is 13.0. The van der Waals surface area contributed by atoms with E-state index in [-0.39, 0.29) is 19.1 Å². The number of phosphoric ester groups is 1. The lowest BCUT2D eigenvalue weighted by Gasteiger charge is -2.25. The van der Waals surface area contributed by atoms with Crippen LogP contribution in [0.25, 0.3) is 0 Å². The molecule has 0 aromatic rings. The zero-order chi connectivity index (χ0) is 61.2. The third kappa shape index (κ3) is 66.2. The van der Waals surface area contributed by atoms with Crippen molar-refractivity contribution in [2.45, 2.75) is 296 Å². The molecule has 0 fully saturated rings. The Balaban J connectivity index is 4.14. The van der Waals surface area contributed by atoms with Gasteiger partial charge in [-0.25, -0.2) is 4.57 Å². The number of allylic oxidation sites excluding steroid dienone is 21. The quantitative estimate of drug-likeness (QED) is 0.0243. The van der Waals surface area contributed by atoms with Gasteiger partial charge < -0.3 is 19.8 Å². The molecule has 0 spiro atoms. The number of aliphatic hydroxyl groups excluding tert-OH is 1. The number of nitrogens with zero attached hydrogens (tertiary/aromatic N) is 1. The summed E-state index contributed by atoms with van der Waals surface area (Å²) in [5, 5.41) is 14.0. The van der Waals surface area contributed by atoms with Crippen LogP contribution in [0.15, 0.2) is 134 Å². The van der Waals surface area contributed by atoms with Crippen molar-refractivity contribution < 1.29 is 32.9 Å². The Bertz CT molecular complexity index is 1830. The molecular weight excluding hydrogens is 1060 g/mol. The summed E-state index contributed by atoms with van der Waals surface area (Å²) in [5.41, 5.74) is 0. The van der Waals surface area contributed by atoms with Crippen molar-refractivity contribution in [3.05, 3.63) is 134 Å². The van der Waals surface area contributed by atoms with Crippen molar-refractivity contribution in [2.24, 2.45) is 0 Å². The van der Waals surface area contributed by atoms with E-state index in [2.05, 4.69) is 141 Å². The van der Waals surface area contributed by atoms with Gasteiger partial charge in [0.15, 0.2) is 0 Å². The lowest BCUT2D eigenvalue weighted by molar-refractivity contribution is -0.870. The van der Waals surface area contributed by atoms with Crippen LogP contribution in [0, 0.1) is 0 Å². The number of carbonyl (C=O) groups excluding carboxylic acids is 1. The van der Waals surface area contributed by atoms with E-state index in [1.54, 1.807) is 6.08 Å². The maximum Gasteiger partial charge on any atom is 0.472 e.